The van der Waals surface area contributed by atoms with Crippen molar-refractivity contribution in [2.75, 3.05) is 36.6 Å². The van der Waals surface area contributed by atoms with Crippen LogP contribution in [0.5, 0.6) is 0 Å². The summed E-state index contributed by atoms with van der Waals surface area (Å²) >= 11 is 1.50. The molecular formula is C28H36N6O4S. The maximum Gasteiger partial charge on any atom is 0.412 e. The van der Waals surface area contributed by atoms with E-state index in [1.54, 1.807) is 63.4 Å². The van der Waals surface area contributed by atoms with E-state index in [2.05, 4.69) is 31.2 Å². The molecule has 11 heteroatoms. The largest absolute Gasteiger partial charge is 0.444 e. The Labute approximate surface area is 233 Å². The fourth-order valence-corrected chi connectivity index (χ4v) is 4.23. The van der Waals surface area contributed by atoms with E-state index in [0.29, 0.717) is 17.8 Å². The van der Waals surface area contributed by atoms with Crippen LogP contribution >= 0.6 is 11.3 Å². The second-order valence-electron chi connectivity index (χ2n) is 10.2. The average Bonchev–Trinajstić information content (AvgIpc) is 3.36. The fourth-order valence-electron chi connectivity index (χ4n) is 3.64. The quantitative estimate of drug-likeness (QED) is 0.246. The Morgan fingerprint density at radius 3 is 2.31 bits per heavy atom. The maximum absolute atomic E-state index is 13.0. The van der Waals surface area contributed by atoms with Gasteiger partial charge in [0.1, 0.15) is 11.3 Å². The Morgan fingerprint density at radius 2 is 1.72 bits per heavy atom. The summed E-state index contributed by atoms with van der Waals surface area (Å²) < 4.78 is 5.31. The number of nitrogens with one attached hydrogen (secondary N) is 4. The third-order valence-corrected chi connectivity index (χ3v) is 6.10. The SMILES string of the molecule is CN(C)CCCC(NC(=O)Nc1ccsc1)c1ccc(C(=O)Nc2ccccc2NC(=O)OC(C)(C)C)nc1. The number of amides is 4. The van der Waals surface area contributed by atoms with Gasteiger partial charge in [0, 0.05) is 11.6 Å². The zero-order chi connectivity index (χ0) is 28.4. The molecule has 1 atom stereocenters. The lowest BCUT2D eigenvalue weighted by atomic mass is 10.0. The lowest BCUT2D eigenvalue weighted by Gasteiger charge is -2.21. The molecule has 0 aliphatic heterocycles. The van der Waals surface area contributed by atoms with Crippen LogP contribution in [-0.2, 0) is 4.74 Å². The molecule has 3 aromatic rings. The third-order valence-electron chi connectivity index (χ3n) is 5.41. The molecule has 0 bridgehead atoms. The summed E-state index contributed by atoms with van der Waals surface area (Å²) in [6.45, 7) is 6.19. The Morgan fingerprint density at radius 1 is 1.00 bits per heavy atom. The van der Waals surface area contributed by atoms with Gasteiger partial charge in [-0.05, 0) is 89.5 Å². The van der Waals surface area contributed by atoms with Crippen molar-refractivity contribution in [3.05, 3.63) is 70.7 Å². The number of hydrogen-bond donors (Lipinski definition) is 4. The van der Waals surface area contributed by atoms with Gasteiger partial charge >= 0.3 is 12.1 Å². The van der Waals surface area contributed by atoms with Crippen LogP contribution < -0.4 is 21.3 Å². The molecule has 0 saturated heterocycles. The van der Waals surface area contributed by atoms with Crippen LogP contribution in [0.15, 0.2) is 59.4 Å². The van der Waals surface area contributed by atoms with E-state index in [9.17, 15) is 14.4 Å². The minimum Gasteiger partial charge on any atom is -0.444 e. The minimum absolute atomic E-state index is 0.195. The van der Waals surface area contributed by atoms with Crippen LogP contribution in [0.2, 0.25) is 0 Å². The van der Waals surface area contributed by atoms with Gasteiger partial charge in [-0.1, -0.05) is 18.2 Å². The van der Waals surface area contributed by atoms with Crippen LogP contribution in [0.1, 0.15) is 55.7 Å². The van der Waals surface area contributed by atoms with Gasteiger partial charge < -0.3 is 25.6 Å². The van der Waals surface area contributed by atoms with E-state index in [1.807, 2.05) is 30.9 Å². The summed E-state index contributed by atoms with van der Waals surface area (Å²) in [6.07, 6.45) is 2.54. The van der Waals surface area contributed by atoms with Gasteiger partial charge in [0.15, 0.2) is 0 Å². The molecule has 3 rings (SSSR count). The molecule has 0 spiro atoms. The summed E-state index contributed by atoms with van der Waals surface area (Å²) in [5.74, 6) is -0.438. The van der Waals surface area contributed by atoms with E-state index in [0.717, 1.165) is 24.2 Å². The Bertz CT molecular complexity index is 1240. The molecule has 0 saturated carbocycles. The molecule has 0 radical (unpaired) electrons. The monoisotopic (exact) mass is 552 g/mol. The van der Waals surface area contributed by atoms with Crippen molar-refractivity contribution >= 4 is 46.4 Å². The van der Waals surface area contributed by atoms with Crippen LogP contribution in [0.4, 0.5) is 26.7 Å². The first kappa shape index (κ1) is 29.6. The highest BCUT2D eigenvalue weighted by atomic mass is 32.1. The van der Waals surface area contributed by atoms with E-state index in [4.69, 9.17) is 4.74 Å². The number of ether oxygens (including phenoxy) is 1. The highest BCUT2D eigenvalue weighted by Crippen LogP contribution is 2.24. The number of urea groups is 1. The predicted octanol–water partition coefficient (Wildman–Crippen LogP) is 5.95. The van der Waals surface area contributed by atoms with Crippen LogP contribution in [-0.4, -0.2) is 54.2 Å². The number of aromatic nitrogens is 1. The van der Waals surface area contributed by atoms with E-state index < -0.39 is 17.6 Å². The molecule has 0 aliphatic rings. The standard InChI is InChI=1S/C28H36N6O4S/c1-28(2,3)38-27(37)33-23-10-7-6-9-22(23)31-25(35)24-13-12-19(17-29-24)21(11-8-15-34(4)5)32-26(36)30-20-14-16-39-18-20/h6-7,9-10,12-14,16-18,21H,8,11,15H2,1-5H3,(H,31,35)(H,33,37)(H2,30,32,36). The first-order valence-corrected chi connectivity index (χ1v) is 13.6. The van der Waals surface area contributed by atoms with Crippen molar-refractivity contribution in [3.63, 3.8) is 0 Å². The number of anilines is 3. The fraction of sp³-hybridized carbons (Fsp3) is 0.357. The molecule has 0 fully saturated rings. The number of rotatable bonds is 10. The van der Waals surface area contributed by atoms with Crippen molar-refractivity contribution in [3.8, 4) is 0 Å². The first-order chi connectivity index (χ1) is 18.5. The van der Waals surface area contributed by atoms with Gasteiger partial charge in [-0.15, -0.1) is 0 Å². The summed E-state index contributed by atoms with van der Waals surface area (Å²) in [5, 5.41) is 15.1. The van der Waals surface area contributed by atoms with Gasteiger partial charge in [-0.25, -0.2) is 9.59 Å². The van der Waals surface area contributed by atoms with Gasteiger partial charge in [0.25, 0.3) is 5.91 Å². The Balaban J connectivity index is 1.68. The van der Waals surface area contributed by atoms with Crippen LogP contribution in [0, 0.1) is 0 Å². The van der Waals surface area contributed by atoms with Crippen molar-refractivity contribution in [1.82, 2.24) is 15.2 Å². The number of benzene rings is 1. The highest BCUT2D eigenvalue weighted by Gasteiger charge is 2.19. The Kier molecular flexibility index (Phi) is 10.4. The molecule has 0 aliphatic carbocycles. The lowest BCUT2D eigenvalue weighted by Crippen LogP contribution is -2.33. The molecule has 208 valence electrons. The molecule has 2 heterocycles. The number of pyridine rings is 1. The minimum atomic E-state index is -0.655. The zero-order valence-electron chi connectivity index (χ0n) is 22.9. The third kappa shape index (κ3) is 10.0. The van der Waals surface area contributed by atoms with Gasteiger partial charge in [-0.2, -0.15) is 11.3 Å². The second kappa shape index (κ2) is 13.7. The Hall–Kier alpha value is -3.96. The normalized spacial score (nSPS) is 11.9. The summed E-state index contributed by atoms with van der Waals surface area (Å²) in [5.41, 5.74) is 1.87. The summed E-state index contributed by atoms with van der Waals surface area (Å²) in [6, 6.07) is 11.5. The maximum atomic E-state index is 13.0. The van der Waals surface area contributed by atoms with Crippen LogP contribution in [0.3, 0.4) is 0 Å². The molecule has 4 amide bonds. The number of hydrogen-bond acceptors (Lipinski definition) is 7. The molecule has 2 aromatic heterocycles. The lowest BCUT2D eigenvalue weighted by molar-refractivity contribution is 0.0635. The van der Waals surface area contributed by atoms with Gasteiger partial charge in [-0.3, -0.25) is 15.1 Å². The van der Waals surface area contributed by atoms with Gasteiger partial charge in [0.05, 0.1) is 23.1 Å². The van der Waals surface area contributed by atoms with Gasteiger partial charge in [0.2, 0.25) is 0 Å². The molecule has 4 N–H and O–H groups in total. The predicted molar refractivity (Wildman–Crippen MR) is 155 cm³/mol. The van der Waals surface area contributed by atoms with E-state index in [-0.39, 0.29) is 17.8 Å². The van der Waals surface area contributed by atoms with Crippen molar-refractivity contribution in [2.24, 2.45) is 0 Å². The zero-order valence-corrected chi connectivity index (χ0v) is 23.7. The van der Waals surface area contributed by atoms with E-state index >= 15 is 0 Å². The highest BCUT2D eigenvalue weighted by molar-refractivity contribution is 7.08. The molecule has 1 unspecified atom stereocenters. The summed E-state index contributed by atoms with van der Waals surface area (Å²) in [4.78, 5) is 44.2. The number of nitrogens with zero attached hydrogens (tertiary/aromatic N) is 2. The number of carbonyl (C=O) groups excluding carboxylic acids is 3. The molecular weight excluding hydrogens is 516 g/mol. The molecule has 1 aromatic carbocycles. The number of carbonyl (C=O) groups is 3. The smallest absolute Gasteiger partial charge is 0.412 e. The van der Waals surface area contributed by atoms with E-state index in [1.165, 1.54) is 11.3 Å². The number of para-hydroxylation sites is 2. The molecule has 39 heavy (non-hydrogen) atoms. The van der Waals surface area contributed by atoms with Crippen molar-refractivity contribution < 1.29 is 19.1 Å². The first-order valence-electron chi connectivity index (χ1n) is 12.6. The number of thiophene rings is 1. The molecule has 10 nitrogen and oxygen atoms in total. The van der Waals surface area contributed by atoms with Crippen molar-refractivity contribution in [1.29, 1.82) is 0 Å². The van der Waals surface area contributed by atoms with Crippen molar-refractivity contribution in [2.45, 2.75) is 45.3 Å². The van der Waals surface area contributed by atoms with Crippen LogP contribution in [0.25, 0.3) is 0 Å². The average molecular weight is 553 g/mol. The summed E-state index contributed by atoms with van der Waals surface area (Å²) in [7, 11) is 4.00. The second-order valence-corrected chi connectivity index (χ2v) is 11.0. The topological polar surface area (TPSA) is 125 Å².